The zero-order chi connectivity index (χ0) is 35.1. The number of ether oxygens (including phenoxy) is 2. The minimum atomic E-state index is -1.47. The topological polar surface area (TPSA) is 140 Å². The van der Waals surface area contributed by atoms with Crippen LogP contribution in [0.2, 0.25) is 0 Å². The van der Waals surface area contributed by atoms with Gasteiger partial charge in [-0.1, -0.05) is 24.3 Å². The number of allylic oxidation sites excluding steroid dienone is 1. The van der Waals surface area contributed by atoms with Gasteiger partial charge in [-0.05, 0) is 80.8 Å². The molecule has 0 spiro atoms. The predicted molar refractivity (Wildman–Crippen MR) is 193 cm³/mol. The maximum atomic E-state index is 15.7. The van der Waals surface area contributed by atoms with E-state index in [4.69, 9.17) is 25.9 Å². The van der Waals surface area contributed by atoms with Gasteiger partial charge in [-0.15, -0.1) is 0 Å². The third-order valence-corrected chi connectivity index (χ3v) is 10.1. The summed E-state index contributed by atoms with van der Waals surface area (Å²) in [6.45, 7) is 6.31. The largest absolute Gasteiger partial charge is 0.483 e. The van der Waals surface area contributed by atoms with Crippen LogP contribution in [0.3, 0.4) is 0 Å². The SMILES string of the molecule is CCOC(=O)CCc1cccc(C2(C)CCSC/C(N)=C(\C)NCC3=c4cc[nH]c4=CC(F)C3Oc3ccc(F)c(c3)C(=NC)N=C2N)c1. The number of H-pyrrole nitrogens is 1. The molecule has 0 amide bonds. The van der Waals surface area contributed by atoms with Crippen LogP contribution in [0.4, 0.5) is 8.78 Å². The van der Waals surface area contributed by atoms with Crippen molar-refractivity contribution in [2.45, 2.75) is 57.7 Å². The molecule has 2 heterocycles. The molecule has 6 N–H and O–H groups in total. The number of carbonyl (C=O) groups is 1. The Morgan fingerprint density at radius 3 is 2.82 bits per heavy atom. The summed E-state index contributed by atoms with van der Waals surface area (Å²) in [5.41, 5.74) is 16.7. The lowest BCUT2D eigenvalue weighted by Gasteiger charge is -2.30. The Hall–Kier alpha value is -4.58. The Bertz CT molecular complexity index is 1910. The van der Waals surface area contributed by atoms with Crippen molar-refractivity contribution in [2.24, 2.45) is 21.5 Å². The number of halogens is 2. The van der Waals surface area contributed by atoms with Gasteiger partial charge in [-0.3, -0.25) is 9.79 Å². The van der Waals surface area contributed by atoms with Crippen molar-refractivity contribution in [1.29, 1.82) is 0 Å². The number of aromatic nitrogens is 1. The number of hydrogen-bond acceptors (Lipinski definition) is 8. The average molecular weight is 691 g/mol. The Balaban J connectivity index is 1.57. The average Bonchev–Trinajstić information content (AvgIpc) is 3.56. The number of rotatable bonds is 5. The van der Waals surface area contributed by atoms with Crippen LogP contribution < -0.4 is 32.1 Å². The van der Waals surface area contributed by atoms with Gasteiger partial charge in [0.15, 0.2) is 18.1 Å². The molecule has 9 nitrogen and oxygen atoms in total. The van der Waals surface area contributed by atoms with Gasteiger partial charge in [0.2, 0.25) is 0 Å². The summed E-state index contributed by atoms with van der Waals surface area (Å²) >= 11 is 1.65. The lowest BCUT2D eigenvalue weighted by atomic mass is 9.78. The van der Waals surface area contributed by atoms with E-state index in [1.807, 2.05) is 44.2 Å². The molecule has 12 heteroatoms. The van der Waals surface area contributed by atoms with Gasteiger partial charge in [0.25, 0.3) is 0 Å². The molecule has 0 fully saturated rings. The molecule has 1 aliphatic carbocycles. The van der Waals surface area contributed by atoms with E-state index in [9.17, 15) is 4.79 Å². The number of aliphatic imine (C=N–C) groups is 2. The van der Waals surface area contributed by atoms with Crippen molar-refractivity contribution in [3.05, 3.63) is 99.2 Å². The first-order valence-corrected chi connectivity index (χ1v) is 17.5. The predicted octanol–water partition coefficient (Wildman–Crippen LogP) is 3.99. The summed E-state index contributed by atoms with van der Waals surface area (Å²) in [4.78, 5) is 24.2. The van der Waals surface area contributed by atoms with Gasteiger partial charge in [0, 0.05) is 59.5 Å². The fourth-order valence-corrected chi connectivity index (χ4v) is 7.10. The summed E-state index contributed by atoms with van der Waals surface area (Å²) in [5.74, 6) is 0.970. The molecular formula is C37H44F2N6O3S. The molecule has 2 aromatic carbocycles. The number of nitrogens with two attached hydrogens (primary N) is 2. The van der Waals surface area contributed by atoms with Crippen LogP contribution in [-0.4, -0.2) is 66.6 Å². The quantitative estimate of drug-likeness (QED) is 0.297. The molecule has 0 saturated carbocycles. The third-order valence-electron chi connectivity index (χ3n) is 9.05. The monoisotopic (exact) mass is 690 g/mol. The number of hydrogen-bond donors (Lipinski definition) is 4. The first-order valence-electron chi connectivity index (χ1n) is 16.4. The Kier molecular flexibility index (Phi) is 11.5. The van der Waals surface area contributed by atoms with E-state index in [0.29, 0.717) is 54.1 Å². The number of esters is 1. The summed E-state index contributed by atoms with van der Waals surface area (Å²) in [7, 11) is 1.52. The van der Waals surface area contributed by atoms with E-state index in [0.717, 1.165) is 22.0 Å². The summed E-state index contributed by atoms with van der Waals surface area (Å²) < 4.78 is 42.6. The van der Waals surface area contributed by atoms with Crippen LogP contribution in [0, 0.1) is 5.82 Å². The van der Waals surface area contributed by atoms with E-state index in [1.165, 1.54) is 31.3 Å². The molecule has 0 radical (unpaired) electrons. The van der Waals surface area contributed by atoms with E-state index in [1.54, 1.807) is 24.9 Å². The highest BCUT2D eigenvalue weighted by molar-refractivity contribution is 7.99. The smallest absolute Gasteiger partial charge is 0.306 e. The number of alkyl halides is 1. The Morgan fingerprint density at radius 1 is 1.22 bits per heavy atom. The van der Waals surface area contributed by atoms with Crippen LogP contribution in [0.25, 0.3) is 11.6 Å². The van der Waals surface area contributed by atoms with E-state index in [-0.39, 0.29) is 35.4 Å². The number of fused-ring (bicyclic) bond motifs is 4. The number of carbonyl (C=O) groups excluding carboxylic acids is 1. The van der Waals surface area contributed by atoms with Gasteiger partial charge in [-0.25, -0.2) is 13.8 Å². The molecule has 2 aliphatic rings. The number of aryl methyl sites for hydroxylation is 1. The number of nitrogens with one attached hydrogen (secondary N) is 2. The van der Waals surface area contributed by atoms with Gasteiger partial charge in [0.1, 0.15) is 17.4 Å². The Morgan fingerprint density at radius 2 is 2.04 bits per heavy atom. The number of benzene rings is 2. The zero-order valence-electron chi connectivity index (χ0n) is 28.3. The van der Waals surface area contributed by atoms with E-state index < -0.39 is 23.5 Å². The highest BCUT2D eigenvalue weighted by Gasteiger charge is 2.33. The summed E-state index contributed by atoms with van der Waals surface area (Å²) in [5, 5.41) is 4.89. The normalized spacial score (nSPS) is 24.2. The standard InChI is InChI=1S/C37H44F2N6O3S/c1-5-47-33(46)12-9-23-7-6-8-24(17-23)37(3)14-16-49-21-31(40)22(2)44-20-28-26-13-15-43-32(26)19-30(39)34(28)48-25-10-11-29(38)27(18-25)35(42-4)45-36(37)41/h6-8,10-11,13,15,17-19,30,34,43-44H,5,9,12,14,16,20-21,40H2,1-4H3,(H2,41,42,45)/b31-22-. The summed E-state index contributed by atoms with van der Waals surface area (Å²) in [6.07, 6.45) is 2.14. The van der Waals surface area contributed by atoms with Crippen molar-refractivity contribution < 1.29 is 23.0 Å². The van der Waals surface area contributed by atoms with Crippen molar-refractivity contribution in [3.63, 3.8) is 0 Å². The summed E-state index contributed by atoms with van der Waals surface area (Å²) in [6, 6.07) is 14.0. The molecule has 3 atom stereocenters. The molecule has 3 unspecified atom stereocenters. The van der Waals surface area contributed by atoms with Crippen LogP contribution in [0.5, 0.6) is 5.75 Å². The third kappa shape index (κ3) is 8.18. The fourth-order valence-electron chi connectivity index (χ4n) is 5.97. The van der Waals surface area contributed by atoms with Crippen molar-refractivity contribution in [2.75, 3.05) is 31.7 Å². The highest BCUT2D eigenvalue weighted by Crippen LogP contribution is 2.32. The van der Waals surface area contributed by atoms with Crippen LogP contribution in [0.1, 0.15) is 50.3 Å². The molecule has 0 saturated heterocycles. The number of aromatic amines is 1. The molecule has 49 heavy (non-hydrogen) atoms. The van der Waals surface area contributed by atoms with E-state index in [2.05, 4.69) is 15.3 Å². The van der Waals surface area contributed by atoms with Gasteiger partial charge < -0.3 is 31.2 Å². The molecule has 5 rings (SSSR count). The first kappa shape index (κ1) is 35.7. The second-order valence-corrected chi connectivity index (χ2v) is 13.4. The maximum absolute atomic E-state index is 15.7. The molecule has 1 aromatic heterocycles. The number of thioether (sulfide) groups is 1. The molecule has 2 bridgehead atoms. The van der Waals surface area contributed by atoms with Gasteiger partial charge in [-0.2, -0.15) is 11.8 Å². The van der Waals surface area contributed by atoms with Crippen molar-refractivity contribution in [3.8, 4) is 5.75 Å². The minimum absolute atomic E-state index is 0.0764. The second kappa shape index (κ2) is 15.8. The number of amidine groups is 2. The molecule has 260 valence electrons. The first-order chi connectivity index (χ1) is 23.5. The maximum Gasteiger partial charge on any atom is 0.306 e. The zero-order valence-corrected chi connectivity index (χ0v) is 29.1. The molecule has 1 aliphatic heterocycles. The van der Waals surface area contributed by atoms with Crippen LogP contribution >= 0.6 is 11.8 Å². The van der Waals surface area contributed by atoms with Crippen molar-refractivity contribution in [1.82, 2.24) is 10.3 Å². The lowest BCUT2D eigenvalue weighted by Crippen LogP contribution is -2.45. The van der Waals surface area contributed by atoms with Gasteiger partial charge in [0.05, 0.1) is 17.6 Å². The molecular weight excluding hydrogens is 647 g/mol. The van der Waals surface area contributed by atoms with Crippen molar-refractivity contribution >= 4 is 41.1 Å². The Labute approximate surface area is 289 Å². The highest BCUT2D eigenvalue weighted by atomic mass is 32.2. The van der Waals surface area contributed by atoms with Crippen LogP contribution in [-0.2, 0) is 21.4 Å². The number of nitrogens with zero attached hydrogens (tertiary/aromatic N) is 2. The van der Waals surface area contributed by atoms with Gasteiger partial charge >= 0.3 is 5.97 Å². The van der Waals surface area contributed by atoms with Crippen LogP contribution in [0.15, 0.2) is 76.1 Å². The lowest BCUT2D eigenvalue weighted by molar-refractivity contribution is -0.143. The fraction of sp³-hybridized carbons (Fsp3) is 0.378. The molecule has 3 aromatic rings. The minimum Gasteiger partial charge on any atom is -0.483 e. The second-order valence-electron chi connectivity index (χ2n) is 12.3. The van der Waals surface area contributed by atoms with E-state index >= 15 is 8.78 Å².